The van der Waals surface area contributed by atoms with Crippen LogP contribution in [0.25, 0.3) is 0 Å². The minimum absolute atomic E-state index is 0. The average molecular weight is 290 g/mol. The number of nitrogens with zero attached hydrogens (tertiary/aromatic N) is 1. The van der Waals surface area contributed by atoms with E-state index in [0.29, 0.717) is 12.0 Å². The Morgan fingerprint density at radius 1 is 1.43 bits per heavy atom. The van der Waals surface area contributed by atoms with E-state index in [2.05, 4.69) is 50.2 Å². The highest BCUT2D eigenvalue weighted by atomic mass is 16.1. The third kappa shape index (κ3) is 3.85. The Morgan fingerprint density at radius 2 is 2.14 bits per heavy atom. The first-order valence-corrected chi connectivity index (χ1v) is 8.15. The average Bonchev–Trinajstić information content (AvgIpc) is 2.87. The van der Waals surface area contributed by atoms with Crippen LogP contribution < -0.4 is 5.32 Å². The van der Waals surface area contributed by atoms with Crippen LogP contribution in [0.2, 0.25) is 0 Å². The first-order valence-electron chi connectivity index (χ1n) is 8.15. The first kappa shape index (κ1) is 16.0. The van der Waals surface area contributed by atoms with Crippen molar-refractivity contribution < 1.29 is 6.22 Å². The fourth-order valence-electron chi connectivity index (χ4n) is 3.27. The van der Waals surface area contributed by atoms with Crippen LogP contribution in [0.15, 0.2) is 18.2 Å². The maximum atomic E-state index is 12.4. The van der Waals surface area contributed by atoms with Gasteiger partial charge in [0, 0.05) is 19.6 Å². The summed E-state index contributed by atoms with van der Waals surface area (Å²) in [6.07, 6.45) is 3.29. The predicted octanol–water partition coefficient (Wildman–Crippen LogP) is 3.58. The number of carbonyl (C=O) groups excluding carboxylic acids is 1. The molecule has 21 heavy (non-hydrogen) atoms. The van der Waals surface area contributed by atoms with Gasteiger partial charge in [0.05, 0.1) is 0 Å². The number of nitrogens with one attached hydrogen (secondary N) is 1. The summed E-state index contributed by atoms with van der Waals surface area (Å²) in [5.74, 6) is 0.623. The summed E-state index contributed by atoms with van der Waals surface area (Å²) in [4.78, 5) is 14.7. The Hall–Kier alpha value is -1.35. The number of hydrogen-bond donors (Lipinski definition) is 1. The van der Waals surface area contributed by atoms with Gasteiger partial charge in [0.15, 0.2) is 0 Å². The Balaban J connectivity index is 0.00000242. The van der Waals surface area contributed by atoms with Gasteiger partial charge in [0.2, 0.25) is 0 Å². The lowest BCUT2D eigenvalue weighted by atomic mass is 9.89. The lowest BCUT2D eigenvalue weighted by Crippen LogP contribution is -2.36. The number of benzene rings is 1. The highest BCUT2D eigenvalue weighted by molar-refractivity contribution is 5.94. The number of likely N-dealkylation sites (tertiary alicyclic amines) is 1. The fourth-order valence-corrected chi connectivity index (χ4v) is 3.27. The molecule has 0 aromatic heterocycles. The molecule has 1 aliphatic rings. The minimum atomic E-state index is 0. The molecule has 1 aromatic rings. The van der Waals surface area contributed by atoms with Gasteiger partial charge in [-0.25, -0.2) is 0 Å². The molecule has 3 heteroatoms. The second kappa shape index (κ2) is 7.08. The van der Waals surface area contributed by atoms with Crippen LogP contribution in [0.1, 0.15) is 61.9 Å². The fraction of sp³-hybridized carbons (Fsp3) is 0.611. The van der Waals surface area contributed by atoms with Crippen LogP contribution in [0.3, 0.4) is 0 Å². The molecule has 0 bridgehead atoms. The SMILES string of the molecule is CCC(CC)c1cc(C(=O)N[C@H]2CCN(C)C2)ccc1C.[HH]. The summed E-state index contributed by atoms with van der Waals surface area (Å²) < 4.78 is 0. The van der Waals surface area contributed by atoms with Crippen molar-refractivity contribution in [3.63, 3.8) is 0 Å². The van der Waals surface area contributed by atoms with Crippen molar-refractivity contribution in [1.82, 2.24) is 10.2 Å². The molecule has 1 N–H and O–H groups in total. The number of hydrogen-bond acceptors (Lipinski definition) is 2. The minimum Gasteiger partial charge on any atom is -0.348 e. The van der Waals surface area contributed by atoms with Crippen molar-refractivity contribution in [2.75, 3.05) is 20.1 Å². The second-order valence-corrected chi connectivity index (χ2v) is 6.31. The molecule has 0 radical (unpaired) electrons. The summed E-state index contributed by atoms with van der Waals surface area (Å²) >= 11 is 0. The number of likely N-dealkylation sites (N-methyl/N-ethyl adjacent to an activating group) is 1. The van der Waals surface area contributed by atoms with Gasteiger partial charge in [-0.15, -0.1) is 0 Å². The maximum Gasteiger partial charge on any atom is 0.251 e. The van der Waals surface area contributed by atoms with Crippen LogP contribution in [0.5, 0.6) is 0 Å². The van der Waals surface area contributed by atoms with Crippen LogP contribution >= 0.6 is 0 Å². The van der Waals surface area contributed by atoms with Crippen LogP contribution in [-0.4, -0.2) is 37.0 Å². The first-order chi connectivity index (χ1) is 10.0. The van der Waals surface area contributed by atoms with E-state index in [4.69, 9.17) is 0 Å². The maximum absolute atomic E-state index is 12.4. The highest BCUT2D eigenvalue weighted by Gasteiger charge is 2.22. The van der Waals surface area contributed by atoms with Gasteiger partial charge in [0.1, 0.15) is 0 Å². The van der Waals surface area contributed by atoms with Gasteiger partial charge < -0.3 is 10.2 Å². The van der Waals surface area contributed by atoms with Crippen molar-refractivity contribution >= 4 is 5.91 Å². The van der Waals surface area contributed by atoms with E-state index in [1.165, 1.54) is 11.1 Å². The zero-order chi connectivity index (χ0) is 15.4. The molecule has 1 fully saturated rings. The number of rotatable bonds is 5. The van der Waals surface area contributed by atoms with E-state index in [9.17, 15) is 4.79 Å². The predicted molar refractivity (Wildman–Crippen MR) is 90.0 cm³/mol. The molecule has 3 nitrogen and oxygen atoms in total. The van der Waals surface area contributed by atoms with Gasteiger partial charge in [-0.3, -0.25) is 4.79 Å². The monoisotopic (exact) mass is 290 g/mol. The molecular weight excluding hydrogens is 260 g/mol. The summed E-state index contributed by atoms with van der Waals surface area (Å²) in [7, 11) is 2.10. The van der Waals surface area contributed by atoms with Crippen LogP contribution in [0.4, 0.5) is 0 Å². The molecule has 1 aliphatic heterocycles. The smallest absolute Gasteiger partial charge is 0.251 e. The van der Waals surface area contributed by atoms with Gasteiger partial charge in [-0.05, 0) is 69.0 Å². The molecule has 0 unspecified atom stereocenters. The Morgan fingerprint density at radius 3 is 2.71 bits per heavy atom. The zero-order valence-electron chi connectivity index (χ0n) is 13.8. The van der Waals surface area contributed by atoms with E-state index < -0.39 is 0 Å². The van der Waals surface area contributed by atoms with E-state index in [0.717, 1.165) is 37.9 Å². The molecular formula is C18H30N2O. The topological polar surface area (TPSA) is 32.3 Å². The van der Waals surface area contributed by atoms with Gasteiger partial charge in [0.25, 0.3) is 5.91 Å². The summed E-state index contributed by atoms with van der Waals surface area (Å²) in [5, 5.41) is 3.17. The molecule has 0 saturated carbocycles. The molecule has 0 spiro atoms. The molecule has 1 atom stereocenters. The second-order valence-electron chi connectivity index (χ2n) is 6.31. The largest absolute Gasteiger partial charge is 0.348 e. The number of aryl methyl sites for hydroxylation is 1. The summed E-state index contributed by atoms with van der Waals surface area (Å²) in [5.41, 5.74) is 3.43. The molecule has 118 valence electrons. The van der Waals surface area contributed by atoms with Crippen molar-refractivity contribution in [2.45, 2.75) is 52.0 Å². The number of amides is 1. The molecule has 1 saturated heterocycles. The quantitative estimate of drug-likeness (QED) is 0.899. The van der Waals surface area contributed by atoms with Crippen molar-refractivity contribution in [3.8, 4) is 0 Å². The van der Waals surface area contributed by atoms with Crippen LogP contribution in [-0.2, 0) is 0 Å². The van der Waals surface area contributed by atoms with E-state index in [1.54, 1.807) is 0 Å². The van der Waals surface area contributed by atoms with Gasteiger partial charge in [-0.1, -0.05) is 19.9 Å². The molecule has 1 heterocycles. The standard InChI is InChI=1S/C18H28N2O.H2/c1-5-14(6-2)17-11-15(8-7-13(17)3)18(21)19-16-9-10-20(4)12-16;/h7-8,11,14,16H,5-6,9-10,12H2,1-4H3,(H,19,21);1H/t16-;/m0./s1. The Kier molecular flexibility index (Phi) is 5.40. The molecule has 0 aliphatic carbocycles. The normalized spacial score (nSPS) is 19.2. The Bertz CT molecular complexity index is 500. The zero-order valence-corrected chi connectivity index (χ0v) is 13.8. The van der Waals surface area contributed by atoms with E-state index in [1.807, 2.05) is 6.07 Å². The van der Waals surface area contributed by atoms with Crippen molar-refractivity contribution in [2.24, 2.45) is 0 Å². The summed E-state index contributed by atoms with van der Waals surface area (Å²) in [6.45, 7) is 8.60. The molecule has 1 aromatic carbocycles. The van der Waals surface area contributed by atoms with E-state index in [-0.39, 0.29) is 7.33 Å². The van der Waals surface area contributed by atoms with Crippen molar-refractivity contribution in [3.05, 3.63) is 34.9 Å². The third-order valence-electron chi connectivity index (χ3n) is 4.69. The lowest BCUT2D eigenvalue weighted by molar-refractivity contribution is 0.0938. The highest BCUT2D eigenvalue weighted by Crippen LogP contribution is 2.27. The third-order valence-corrected chi connectivity index (χ3v) is 4.69. The van der Waals surface area contributed by atoms with Gasteiger partial charge in [-0.2, -0.15) is 0 Å². The van der Waals surface area contributed by atoms with Gasteiger partial charge >= 0.3 is 0 Å². The summed E-state index contributed by atoms with van der Waals surface area (Å²) in [6, 6.07) is 6.43. The molecule has 2 rings (SSSR count). The lowest BCUT2D eigenvalue weighted by Gasteiger charge is -2.18. The van der Waals surface area contributed by atoms with E-state index >= 15 is 0 Å². The van der Waals surface area contributed by atoms with Crippen LogP contribution in [0, 0.1) is 6.92 Å². The van der Waals surface area contributed by atoms with Crippen molar-refractivity contribution in [1.29, 1.82) is 0 Å². The number of carbonyl (C=O) groups is 1. The molecule has 1 amide bonds. The Labute approximate surface area is 130 Å².